The number of Topliss-reactive ketones (excluding diaryl/α,β-unsaturated/α-hetero) is 1. The van der Waals surface area contributed by atoms with Crippen LogP contribution >= 0.6 is 15.9 Å². The van der Waals surface area contributed by atoms with E-state index < -0.39 is 0 Å². The summed E-state index contributed by atoms with van der Waals surface area (Å²) in [5, 5.41) is 2.47. The van der Waals surface area contributed by atoms with Gasteiger partial charge < -0.3 is 14.0 Å². The van der Waals surface area contributed by atoms with Gasteiger partial charge in [-0.25, -0.2) is 0 Å². The predicted molar refractivity (Wildman–Crippen MR) is 155 cm³/mol. The molecule has 38 heavy (non-hydrogen) atoms. The standard InChI is InChI=1S/C33H28BrNO3/c1-37-23-9-11-24-21(17-23)7-10-26-30(24)32-25(12-14-29(32)36)31-27-18-22(34)8-13-28(27)35(33(26)31)15-16-38-19-20-5-3-2-4-6-20/h2-6,8-9,11,13,17-18H,7,10,12,14-16,19H2,1H3. The third kappa shape index (κ3) is 3.71. The quantitative estimate of drug-likeness (QED) is 0.198. The number of rotatable bonds is 6. The predicted octanol–water partition coefficient (Wildman–Crippen LogP) is 7.68. The molecule has 0 aliphatic heterocycles. The molecule has 0 amide bonds. The van der Waals surface area contributed by atoms with Gasteiger partial charge in [0.25, 0.3) is 0 Å². The summed E-state index contributed by atoms with van der Waals surface area (Å²) in [7, 11) is 1.71. The number of carbonyl (C=O) groups excluding carboxylic acids is 1. The summed E-state index contributed by atoms with van der Waals surface area (Å²) >= 11 is 3.71. The van der Waals surface area contributed by atoms with Crippen molar-refractivity contribution in [1.82, 2.24) is 4.57 Å². The molecule has 4 nitrogen and oxygen atoms in total. The molecule has 1 aromatic heterocycles. The lowest BCUT2D eigenvalue weighted by atomic mass is 9.80. The fraction of sp³-hybridized carbons (Fsp3) is 0.242. The van der Waals surface area contributed by atoms with Gasteiger partial charge >= 0.3 is 0 Å². The summed E-state index contributed by atoms with van der Waals surface area (Å²) in [4.78, 5) is 13.4. The highest BCUT2D eigenvalue weighted by molar-refractivity contribution is 9.10. The zero-order chi connectivity index (χ0) is 25.8. The molecule has 190 valence electrons. The van der Waals surface area contributed by atoms with Crippen LogP contribution in [0.15, 0.2) is 71.2 Å². The molecule has 0 N–H and O–H groups in total. The summed E-state index contributed by atoms with van der Waals surface area (Å²) < 4.78 is 15.2. The molecule has 4 aromatic carbocycles. The molecule has 0 fully saturated rings. The van der Waals surface area contributed by atoms with Crippen LogP contribution in [0.25, 0.3) is 32.9 Å². The summed E-state index contributed by atoms with van der Waals surface area (Å²) in [6.45, 7) is 1.96. The highest BCUT2D eigenvalue weighted by atomic mass is 79.9. The van der Waals surface area contributed by atoms with Crippen molar-refractivity contribution in [2.75, 3.05) is 13.7 Å². The van der Waals surface area contributed by atoms with Gasteiger partial charge in [-0.05, 0) is 83.0 Å². The van der Waals surface area contributed by atoms with E-state index in [-0.39, 0.29) is 5.78 Å². The highest BCUT2D eigenvalue weighted by Crippen LogP contribution is 2.48. The molecule has 0 saturated heterocycles. The molecule has 7 rings (SSSR count). The van der Waals surface area contributed by atoms with Crippen LogP contribution in [0.3, 0.4) is 0 Å². The minimum absolute atomic E-state index is 0.268. The van der Waals surface area contributed by atoms with E-state index in [0.717, 1.165) is 47.2 Å². The van der Waals surface area contributed by atoms with Gasteiger partial charge in [0.15, 0.2) is 5.78 Å². The monoisotopic (exact) mass is 565 g/mol. The maximum Gasteiger partial charge on any atom is 0.164 e. The Labute approximate surface area is 230 Å². The van der Waals surface area contributed by atoms with Crippen molar-refractivity contribution in [2.24, 2.45) is 0 Å². The molecule has 1 heterocycles. The van der Waals surface area contributed by atoms with E-state index in [1.165, 1.54) is 49.6 Å². The molecule has 0 spiro atoms. The smallest absolute Gasteiger partial charge is 0.164 e. The van der Waals surface area contributed by atoms with Crippen LogP contribution in [0.2, 0.25) is 0 Å². The Morgan fingerprint density at radius 2 is 1.74 bits per heavy atom. The third-order valence-electron chi connectivity index (χ3n) is 8.14. The molecule has 0 atom stereocenters. The van der Waals surface area contributed by atoms with Gasteiger partial charge in [0.2, 0.25) is 0 Å². The van der Waals surface area contributed by atoms with Crippen molar-refractivity contribution in [3.05, 3.63) is 99.0 Å². The summed E-state index contributed by atoms with van der Waals surface area (Å²) in [5.74, 6) is 1.13. The highest BCUT2D eigenvalue weighted by Gasteiger charge is 2.34. The fourth-order valence-corrected chi connectivity index (χ4v) is 6.87. The number of carbonyl (C=O) groups is 1. The lowest BCUT2D eigenvalue weighted by molar-refractivity contribution is 0.0995. The molecule has 0 saturated carbocycles. The van der Waals surface area contributed by atoms with E-state index >= 15 is 0 Å². The lowest BCUT2D eigenvalue weighted by Crippen LogP contribution is -2.13. The Balaban J connectivity index is 1.43. The van der Waals surface area contributed by atoms with Crippen molar-refractivity contribution in [1.29, 1.82) is 0 Å². The number of hydrogen-bond acceptors (Lipinski definition) is 3. The van der Waals surface area contributed by atoms with Crippen LogP contribution in [0, 0.1) is 0 Å². The molecule has 2 aliphatic rings. The Morgan fingerprint density at radius 1 is 0.895 bits per heavy atom. The van der Waals surface area contributed by atoms with Gasteiger partial charge in [-0.3, -0.25) is 4.79 Å². The Hall–Kier alpha value is -3.41. The first-order valence-corrected chi connectivity index (χ1v) is 14.0. The first-order chi connectivity index (χ1) is 18.6. The Bertz CT molecular complexity index is 1740. The summed E-state index contributed by atoms with van der Waals surface area (Å²) in [5.41, 5.74) is 10.7. The molecular weight excluding hydrogens is 538 g/mol. The molecule has 2 aliphatic carbocycles. The van der Waals surface area contributed by atoms with Gasteiger partial charge in [-0.2, -0.15) is 0 Å². The number of hydrogen-bond donors (Lipinski definition) is 0. The van der Waals surface area contributed by atoms with E-state index in [1.807, 2.05) is 24.3 Å². The van der Waals surface area contributed by atoms with Crippen LogP contribution in [0.5, 0.6) is 5.75 Å². The molecule has 0 bridgehead atoms. The number of benzene rings is 4. The number of methoxy groups -OCH3 is 1. The topological polar surface area (TPSA) is 40.5 Å². The number of aromatic nitrogens is 1. The maximum absolute atomic E-state index is 13.4. The van der Waals surface area contributed by atoms with E-state index in [1.54, 1.807) is 7.11 Å². The second kappa shape index (κ2) is 9.40. The SMILES string of the molecule is COc1ccc2c(c1)CCc1c-2c2c(c3c4cc(Br)ccc4n(CCOCc4ccccc4)c13)CCC2=O. The first kappa shape index (κ1) is 23.7. The zero-order valence-corrected chi connectivity index (χ0v) is 22.9. The van der Waals surface area contributed by atoms with Gasteiger partial charge in [0.05, 0.1) is 25.8 Å². The average molecular weight is 566 g/mol. The van der Waals surface area contributed by atoms with Crippen molar-refractivity contribution in [3.63, 3.8) is 0 Å². The molecular formula is C33H28BrNO3. The van der Waals surface area contributed by atoms with Crippen molar-refractivity contribution in [2.45, 2.75) is 38.8 Å². The largest absolute Gasteiger partial charge is 0.497 e. The number of nitrogens with zero attached hydrogens (tertiary/aromatic N) is 1. The number of aryl methyl sites for hydroxylation is 3. The van der Waals surface area contributed by atoms with Gasteiger partial charge in [-0.15, -0.1) is 0 Å². The second-order valence-corrected chi connectivity index (χ2v) is 11.1. The van der Waals surface area contributed by atoms with E-state index in [4.69, 9.17) is 9.47 Å². The van der Waals surface area contributed by atoms with Crippen LogP contribution in [-0.4, -0.2) is 24.1 Å². The van der Waals surface area contributed by atoms with Crippen LogP contribution < -0.4 is 4.74 Å². The van der Waals surface area contributed by atoms with Crippen molar-refractivity contribution in [3.8, 4) is 16.9 Å². The summed E-state index contributed by atoms with van der Waals surface area (Å²) in [6.07, 6.45) is 3.19. The van der Waals surface area contributed by atoms with Gasteiger partial charge in [0.1, 0.15) is 5.75 Å². The molecule has 0 radical (unpaired) electrons. The number of ketones is 1. The minimum Gasteiger partial charge on any atom is -0.497 e. The first-order valence-electron chi connectivity index (χ1n) is 13.3. The molecule has 5 heteroatoms. The third-order valence-corrected chi connectivity index (χ3v) is 8.64. The van der Waals surface area contributed by atoms with Crippen LogP contribution in [0.4, 0.5) is 0 Å². The van der Waals surface area contributed by atoms with Gasteiger partial charge in [0, 0.05) is 39.3 Å². The van der Waals surface area contributed by atoms with E-state index in [0.29, 0.717) is 19.6 Å². The van der Waals surface area contributed by atoms with Crippen molar-refractivity contribution < 1.29 is 14.3 Å². The zero-order valence-electron chi connectivity index (χ0n) is 21.4. The average Bonchev–Trinajstić information content (AvgIpc) is 3.48. The van der Waals surface area contributed by atoms with E-state index in [2.05, 4.69) is 63.0 Å². The molecule has 5 aromatic rings. The maximum atomic E-state index is 13.4. The Morgan fingerprint density at radius 3 is 2.58 bits per heavy atom. The lowest BCUT2D eigenvalue weighted by Gasteiger charge is -2.25. The fourth-order valence-electron chi connectivity index (χ4n) is 6.51. The normalized spacial score (nSPS) is 14.1. The minimum atomic E-state index is 0.268. The number of halogens is 1. The number of fused-ring (bicyclic) bond motifs is 10. The Kier molecular flexibility index (Phi) is 5.86. The van der Waals surface area contributed by atoms with Crippen LogP contribution in [-0.2, 0) is 37.2 Å². The summed E-state index contributed by atoms with van der Waals surface area (Å²) in [6, 6.07) is 23.2. The number of ether oxygens (including phenoxy) is 2. The molecule has 0 unspecified atom stereocenters. The van der Waals surface area contributed by atoms with E-state index in [9.17, 15) is 4.79 Å². The van der Waals surface area contributed by atoms with Crippen molar-refractivity contribution >= 4 is 43.5 Å². The van der Waals surface area contributed by atoms with Gasteiger partial charge in [-0.1, -0.05) is 52.3 Å². The second-order valence-electron chi connectivity index (χ2n) is 10.2. The van der Waals surface area contributed by atoms with Crippen LogP contribution in [0.1, 0.15) is 39.0 Å².